The van der Waals surface area contributed by atoms with Crippen LogP contribution in [-0.2, 0) is 0 Å². The van der Waals surface area contributed by atoms with Crippen LogP contribution in [0, 0.1) is 0 Å². The molecule has 10 rings (SSSR count). The van der Waals surface area contributed by atoms with E-state index >= 15 is 0 Å². The van der Waals surface area contributed by atoms with E-state index in [1.54, 1.807) is 0 Å². The van der Waals surface area contributed by atoms with Gasteiger partial charge in [-0.05, 0) is 53.6 Å². The van der Waals surface area contributed by atoms with Gasteiger partial charge in [-0.15, -0.1) is 0 Å². The minimum Gasteiger partial charge on any atom is -0.456 e. The number of fused-ring (bicyclic) bond motifs is 6. The number of hydrogen-bond acceptors (Lipinski definition) is 4. The van der Waals surface area contributed by atoms with E-state index in [9.17, 15) is 0 Å². The predicted molar refractivity (Wildman–Crippen MR) is 203 cm³/mol. The molecule has 7 aromatic carbocycles. The van der Waals surface area contributed by atoms with Gasteiger partial charge in [0, 0.05) is 50.0 Å². The third-order valence-electron chi connectivity index (χ3n) is 9.43. The fourth-order valence-corrected chi connectivity index (χ4v) is 7.05. The van der Waals surface area contributed by atoms with Crippen molar-refractivity contribution in [3.8, 4) is 51.0 Å². The molecule has 0 fully saturated rings. The van der Waals surface area contributed by atoms with Crippen molar-refractivity contribution in [3.05, 3.63) is 170 Å². The summed E-state index contributed by atoms with van der Waals surface area (Å²) in [6, 6.07) is 58.6. The third-order valence-corrected chi connectivity index (χ3v) is 9.43. The Hall–Kier alpha value is -6.85. The van der Waals surface area contributed by atoms with E-state index in [-0.39, 0.29) is 0 Å². The molecule has 3 heterocycles. The molecule has 0 amide bonds. The predicted octanol–water partition coefficient (Wildman–Crippen LogP) is 11.5. The number of furan rings is 1. The number of benzene rings is 7. The van der Waals surface area contributed by atoms with Crippen molar-refractivity contribution in [1.29, 1.82) is 0 Å². The fraction of sp³-hybridized carbons (Fsp3) is 0. The van der Waals surface area contributed by atoms with Crippen molar-refractivity contribution in [3.63, 3.8) is 0 Å². The summed E-state index contributed by atoms with van der Waals surface area (Å²) in [7, 11) is 0. The first-order chi connectivity index (χ1) is 24.8. The second kappa shape index (κ2) is 11.4. The lowest BCUT2D eigenvalue weighted by atomic mass is 10.0. The lowest BCUT2D eigenvalue weighted by Gasteiger charge is -2.09. The zero-order valence-corrected chi connectivity index (χ0v) is 26.9. The van der Waals surface area contributed by atoms with Crippen molar-refractivity contribution in [2.45, 2.75) is 0 Å². The first kappa shape index (κ1) is 28.2. The van der Waals surface area contributed by atoms with Gasteiger partial charge >= 0.3 is 0 Å². The number of hydrogen-bond donors (Lipinski definition) is 0. The van der Waals surface area contributed by atoms with Gasteiger partial charge in [-0.3, -0.25) is 0 Å². The number of nitrogens with zero attached hydrogens (tertiary/aromatic N) is 4. The van der Waals surface area contributed by atoms with E-state index in [0.29, 0.717) is 17.5 Å². The summed E-state index contributed by atoms with van der Waals surface area (Å²) in [5, 5.41) is 4.53. The lowest BCUT2D eigenvalue weighted by Crippen LogP contribution is -2.00. The molecule has 0 bridgehead atoms. The second-order valence-corrected chi connectivity index (χ2v) is 12.5. The summed E-state index contributed by atoms with van der Waals surface area (Å²) in [5.41, 5.74) is 9.98. The molecule has 234 valence electrons. The molecule has 50 heavy (non-hydrogen) atoms. The summed E-state index contributed by atoms with van der Waals surface area (Å²) in [6.07, 6.45) is 0. The van der Waals surface area contributed by atoms with Gasteiger partial charge < -0.3 is 8.98 Å². The molecule has 0 atom stereocenters. The monoisotopic (exact) mass is 640 g/mol. The molecule has 0 radical (unpaired) electrons. The Morgan fingerprint density at radius 1 is 0.340 bits per heavy atom. The highest BCUT2D eigenvalue weighted by Crippen LogP contribution is 2.39. The molecule has 0 saturated carbocycles. The molecule has 0 aliphatic heterocycles. The van der Waals surface area contributed by atoms with Gasteiger partial charge in [0.1, 0.15) is 11.2 Å². The Morgan fingerprint density at radius 3 is 1.68 bits per heavy atom. The van der Waals surface area contributed by atoms with Gasteiger partial charge in [-0.25, -0.2) is 15.0 Å². The molecular weight excluding hydrogens is 613 g/mol. The lowest BCUT2D eigenvalue weighted by molar-refractivity contribution is 0.669. The molecule has 0 N–H and O–H groups in total. The van der Waals surface area contributed by atoms with Gasteiger partial charge in [0.25, 0.3) is 0 Å². The van der Waals surface area contributed by atoms with Crippen LogP contribution in [0.25, 0.3) is 94.7 Å². The first-order valence-electron chi connectivity index (χ1n) is 16.7. The fourth-order valence-electron chi connectivity index (χ4n) is 7.05. The average Bonchev–Trinajstić information content (AvgIpc) is 3.72. The quantitative estimate of drug-likeness (QED) is 0.188. The van der Waals surface area contributed by atoms with Crippen molar-refractivity contribution < 1.29 is 4.42 Å². The highest BCUT2D eigenvalue weighted by molar-refractivity contribution is 6.17. The second-order valence-electron chi connectivity index (χ2n) is 12.5. The number of para-hydroxylation sites is 2. The summed E-state index contributed by atoms with van der Waals surface area (Å²) in [4.78, 5) is 15.0. The smallest absolute Gasteiger partial charge is 0.164 e. The zero-order valence-electron chi connectivity index (χ0n) is 26.9. The molecule has 0 unspecified atom stereocenters. The van der Waals surface area contributed by atoms with Crippen LogP contribution in [-0.4, -0.2) is 19.5 Å². The summed E-state index contributed by atoms with van der Waals surface area (Å²) >= 11 is 0. The van der Waals surface area contributed by atoms with Crippen LogP contribution < -0.4 is 0 Å². The minimum atomic E-state index is 0.591. The Morgan fingerprint density at radius 2 is 0.920 bits per heavy atom. The van der Waals surface area contributed by atoms with E-state index in [1.807, 2.05) is 42.5 Å². The molecule has 5 heteroatoms. The van der Waals surface area contributed by atoms with Gasteiger partial charge in [0.15, 0.2) is 17.5 Å². The first-order valence-corrected chi connectivity index (χ1v) is 16.7. The van der Waals surface area contributed by atoms with Gasteiger partial charge in [-0.2, -0.15) is 0 Å². The summed E-state index contributed by atoms with van der Waals surface area (Å²) in [6.45, 7) is 0. The Balaban J connectivity index is 1.14. The van der Waals surface area contributed by atoms with E-state index in [0.717, 1.165) is 61.0 Å². The molecule has 0 saturated heterocycles. The highest BCUT2D eigenvalue weighted by atomic mass is 16.3. The molecule has 0 spiro atoms. The minimum absolute atomic E-state index is 0.591. The maximum atomic E-state index is 6.62. The molecule has 0 aliphatic carbocycles. The molecule has 0 aliphatic rings. The maximum absolute atomic E-state index is 6.62. The molecule has 10 aromatic rings. The Labute approximate surface area is 287 Å². The SMILES string of the molecule is c1ccc(-c2cccc(-c3nc(-c4ccccc4)nc(-c4ccc5c(c4)oc4cc6c(cc45)c4ccccc4n6-c4ccccc4)n3)c2)cc1. The normalized spacial score (nSPS) is 11.6. The van der Waals surface area contributed by atoms with E-state index < -0.39 is 0 Å². The van der Waals surface area contributed by atoms with Crippen LogP contribution in [0.15, 0.2) is 174 Å². The van der Waals surface area contributed by atoms with Gasteiger partial charge in [-0.1, -0.05) is 121 Å². The van der Waals surface area contributed by atoms with Crippen LogP contribution in [0.2, 0.25) is 0 Å². The van der Waals surface area contributed by atoms with Crippen LogP contribution in [0.5, 0.6) is 0 Å². The number of rotatable bonds is 5. The van der Waals surface area contributed by atoms with Crippen LogP contribution in [0.4, 0.5) is 0 Å². The van der Waals surface area contributed by atoms with Crippen molar-refractivity contribution in [2.24, 2.45) is 0 Å². The highest BCUT2D eigenvalue weighted by Gasteiger charge is 2.18. The topological polar surface area (TPSA) is 56.7 Å². The van der Waals surface area contributed by atoms with Crippen LogP contribution in [0.3, 0.4) is 0 Å². The third kappa shape index (κ3) is 4.67. The Kier molecular flexibility index (Phi) is 6.42. The zero-order chi connectivity index (χ0) is 33.0. The maximum Gasteiger partial charge on any atom is 0.164 e. The van der Waals surface area contributed by atoms with E-state index in [2.05, 4.69) is 132 Å². The van der Waals surface area contributed by atoms with Crippen LogP contribution in [0.1, 0.15) is 0 Å². The van der Waals surface area contributed by atoms with E-state index in [4.69, 9.17) is 19.4 Å². The summed E-state index contributed by atoms with van der Waals surface area (Å²) < 4.78 is 8.93. The van der Waals surface area contributed by atoms with Crippen molar-refractivity contribution in [1.82, 2.24) is 19.5 Å². The van der Waals surface area contributed by atoms with Crippen molar-refractivity contribution in [2.75, 3.05) is 0 Å². The average molecular weight is 641 g/mol. The standard InChI is InChI=1S/C45H28N4O/c1-4-13-29(14-5-1)31-17-12-18-32(25-31)44-46-43(30-15-6-2-7-16-30)47-45(48-44)33-23-24-36-38-27-37-35-21-10-11-22-39(35)49(34-19-8-3-9-20-34)40(37)28-42(38)50-41(36)26-33/h1-28H. The van der Waals surface area contributed by atoms with Crippen molar-refractivity contribution >= 4 is 43.7 Å². The molecule has 5 nitrogen and oxygen atoms in total. The summed E-state index contributed by atoms with van der Waals surface area (Å²) in [5.74, 6) is 1.83. The van der Waals surface area contributed by atoms with E-state index in [1.165, 1.54) is 16.3 Å². The Bertz CT molecular complexity index is 2860. The molecule has 3 aromatic heterocycles. The van der Waals surface area contributed by atoms with Gasteiger partial charge in [0.2, 0.25) is 0 Å². The van der Waals surface area contributed by atoms with Crippen LogP contribution >= 0.6 is 0 Å². The molecular formula is C45H28N4O. The van der Waals surface area contributed by atoms with Gasteiger partial charge in [0.05, 0.1) is 11.0 Å². The number of aromatic nitrogens is 4. The largest absolute Gasteiger partial charge is 0.456 e.